The highest BCUT2D eigenvalue weighted by molar-refractivity contribution is 7.90. The molecular formula is C28H39N9O3S. The zero-order chi connectivity index (χ0) is 29.1. The average molecular weight is 582 g/mol. The van der Waals surface area contributed by atoms with Gasteiger partial charge in [0.2, 0.25) is 5.96 Å². The number of hydrogen-bond donors (Lipinski definition) is 3. The highest BCUT2D eigenvalue weighted by Crippen LogP contribution is 2.28. The molecule has 0 aliphatic carbocycles. The molecule has 220 valence electrons. The number of piperidine rings is 1. The van der Waals surface area contributed by atoms with E-state index in [1.165, 1.54) is 0 Å². The molecule has 5 rings (SSSR count). The van der Waals surface area contributed by atoms with Gasteiger partial charge in [-0.15, -0.1) is 4.40 Å². The van der Waals surface area contributed by atoms with Crippen LogP contribution in [0.4, 0.5) is 11.5 Å². The van der Waals surface area contributed by atoms with Gasteiger partial charge in [-0.2, -0.15) is 0 Å². The summed E-state index contributed by atoms with van der Waals surface area (Å²) in [5, 5.41) is 7.36. The summed E-state index contributed by atoms with van der Waals surface area (Å²) in [5.41, 5.74) is 2.98. The van der Waals surface area contributed by atoms with Crippen molar-refractivity contribution in [1.29, 1.82) is 0 Å². The van der Waals surface area contributed by atoms with Gasteiger partial charge < -0.3 is 30.3 Å². The van der Waals surface area contributed by atoms with E-state index in [0.29, 0.717) is 30.9 Å². The molecule has 1 atom stereocenters. The van der Waals surface area contributed by atoms with Gasteiger partial charge in [-0.1, -0.05) is 6.07 Å². The number of fused-ring (bicyclic) bond motifs is 1. The second kappa shape index (κ2) is 12.0. The number of carbonyl (C=O) groups excluding carboxylic acids is 1. The molecule has 0 bridgehead atoms. The summed E-state index contributed by atoms with van der Waals surface area (Å²) in [4.78, 5) is 31.6. The predicted molar refractivity (Wildman–Crippen MR) is 162 cm³/mol. The van der Waals surface area contributed by atoms with Crippen LogP contribution in [0.3, 0.4) is 0 Å². The lowest BCUT2D eigenvalue weighted by atomic mass is 10.0. The van der Waals surface area contributed by atoms with E-state index in [2.05, 4.69) is 46.8 Å². The number of H-pyrrole nitrogens is 1. The number of aromatic amines is 1. The van der Waals surface area contributed by atoms with Gasteiger partial charge in [0.25, 0.3) is 15.9 Å². The SMILES string of the molecule is CCS(=O)(=O)N=C(Nc1cccc(C(=O)NC2CCN(C)CC2)c1)N1CCN(c2ncnc3[nH]cc(C)c23)CC1C. The first-order valence-electron chi connectivity index (χ1n) is 14.1. The Bertz CT molecular complexity index is 1530. The minimum atomic E-state index is -3.69. The number of likely N-dealkylation sites (tertiary alicyclic amines) is 1. The fourth-order valence-corrected chi connectivity index (χ4v) is 5.98. The molecule has 1 unspecified atom stereocenters. The number of nitrogens with one attached hydrogen (secondary N) is 3. The summed E-state index contributed by atoms with van der Waals surface area (Å²) < 4.78 is 29.5. The number of carbonyl (C=O) groups is 1. The van der Waals surface area contributed by atoms with Crippen LogP contribution in [-0.2, 0) is 10.0 Å². The van der Waals surface area contributed by atoms with E-state index in [9.17, 15) is 13.2 Å². The van der Waals surface area contributed by atoms with E-state index in [1.807, 2.05) is 31.0 Å². The maximum absolute atomic E-state index is 13.0. The second-order valence-electron chi connectivity index (χ2n) is 10.9. The molecule has 0 spiro atoms. The number of guanidine groups is 1. The van der Waals surface area contributed by atoms with Crippen molar-refractivity contribution < 1.29 is 13.2 Å². The Hall–Kier alpha value is -3.71. The zero-order valence-corrected chi connectivity index (χ0v) is 24.9. The number of anilines is 2. The molecule has 4 heterocycles. The van der Waals surface area contributed by atoms with Crippen LogP contribution < -0.4 is 15.5 Å². The average Bonchev–Trinajstić information content (AvgIpc) is 3.34. The maximum atomic E-state index is 13.0. The predicted octanol–water partition coefficient (Wildman–Crippen LogP) is 2.42. The number of hydrogen-bond acceptors (Lipinski definition) is 7. The summed E-state index contributed by atoms with van der Waals surface area (Å²) >= 11 is 0. The fraction of sp³-hybridized carbons (Fsp3) is 0.500. The molecule has 2 fully saturated rings. The minimum Gasteiger partial charge on any atom is -0.352 e. The molecule has 3 aromatic rings. The van der Waals surface area contributed by atoms with Crippen LogP contribution >= 0.6 is 0 Å². The molecule has 12 nitrogen and oxygen atoms in total. The number of aromatic nitrogens is 3. The van der Waals surface area contributed by atoms with Crippen molar-refractivity contribution in [3.8, 4) is 0 Å². The van der Waals surface area contributed by atoms with Crippen molar-refractivity contribution in [3.63, 3.8) is 0 Å². The van der Waals surface area contributed by atoms with Gasteiger partial charge in [0.1, 0.15) is 17.8 Å². The Morgan fingerprint density at radius 2 is 1.95 bits per heavy atom. The Morgan fingerprint density at radius 3 is 2.68 bits per heavy atom. The quantitative estimate of drug-likeness (QED) is 0.296. The highest BCUT2D eigenvalue weighted by atomic mass is 32.2. The molecule has 2 aliphatic rings. The standard InChI is InChI=1S/C28H39N9O3S/c1-5-41(39,40)34-28(33-23-8-6-7-21(15-23)27(38)32-22-9-11-35(4)12-10-22)37-14-13-36(17-20(37)3)26-24-19(2)16-29-25(24)30-18-31-26/h6-8,15-16,18,20,22H,5,9-14,17H2,1-4H3,(H,32,38)(H,33,34)(H,29,30,31). The van der Waals surface area contributed by atoms with Crippen LogP contribution in [0.25, 0.3) is 11.0 Å². The van der Waals surface area contributed by atoms with Crippen molar-refractivity contribution in [2.75, 3.05) is 55.7 Å². The number of sulfonamides is 1. The van der Waals surface area contributed by atoms with Crippen molar-refractivity contribution in [1.82, 2.24) is 30.1 Å². The fourth-order valence-electron chi connectivity index (χ4n) is 5.43. The minimum absolute atomic E-state index is 0.0813. The molecule has 2 saturated heterocycles. The zero-order valence-electron chi connectivity index (χ0n) is 24.1. The summed E-state index contributed by atoms with van der Waals surface area (Å²) in [7, 11) is -1.61. The molecule has 2 aliphatic heterocycles. The molecule has 0 radical (unpaired) electrons. The van der Waals surface area contributed by atoms with Crippen molar-refractivity contribution in [3.05, 3.63) is 47.9 Å². The van der Waals surface area contributed by atoms with Crippen LogP contribution in [-0.4, -0.2) is 103 Å². The van der Waals surface area contributed by atoms with E-state index in [-0.39, 0.29) is 29.7 Å². The van der Waals surface area contributed by atoms with Gasteiger partial charge in [0.15, 0.2) is 0 Å². The number of nitrogens with zero attached hydrogens (tertiary/aromatic N) is 6. The van der Waals surface area contributed by atoms with Gasteiger partial charge in [-0.3, -0.25) is 4.79 Å². The van der Waals surface area contributed by atoms with Crippen LogP contribution in [0.2, 0.25) is 0 Å². The molecule has 1 amide bonds. The van der Waals surface area contributed by atoms with Crippen molar-refractivity contribution in [2.24, 2.45) is 4.40 Å². The van der Waals surface area contributed by atoms with Crippen LogP contribution in [0, 0.1) is 6.92 Å². The molecule has 0 saturated carbocycles. The van der Waals surface area contributed by atoms with Crippen LogP contribution in [0.1, 0.15) is 42.6 Å². The highest BCUT2D eigenvalue weighted by Gasteiger charge is 2.30. The van der Waals surface area contributed by atoms with E-state index in [0.717, 1.165) is 48.3 Å². The lowest BCUT2D eigenvalue weighted by Crippen LogP contribution is -2.56. The molecule has 2 aromatic heterocycles. The number of piperazine rings is 1. The summed E-state index contributed by atoms with van der Waals surface area (Å²) in [6.07, 6.45) is 5.32. The van der Waals surface area contributed by atoms with E-state index in [4.69, 9.17) is 0 Å². The number of rotatable bonds is 6. The topological polar surface area (TPSA) is 139 Å². The normalized spacial score (nSPS) is 19.5. The number of aryl methyl sites for hydroxylation is 1. The molecule has 3 N–H and O–H groups in total. The lowest BCUT2D eigenvalue weighted by Gasteiger charge is -2.42. The first-order chi connectivity index (χ1) is 19.6. The molecule has 1 aromatic carbocycles. The van der Waals surface area contributed by atoms with Crippen molar-refractivity contribution >= 4 is 44.4 Å². The monoisotopic (exact) mass is 581 g/mol. The summed E-state index contributed by atoms with van der Waals surface area (Å²) in [6.45, 7) is 9.30. The lowest BCUT2D eigenvalue weighted by molar-refractivity contribution is 0.0917. The third-order valence-corrected chi connectivity index (χ3v) is 9.05. The van der Waals surface area contributed by atoms with E-state index >= 15 is 0 Å². The third-order valence-electron chi connectivity index (χ3n) is 7.87. The molecule has 41 heavy (non-hydrogen) atoms. The largest absolute Gasteiger partial charge is 0.352 e. The van der Waals surface area contributed by atoms with Gasteiger partial charge in [-0.05, 0) is 77.5 Å². The number of benzene rings is 1. The van der Waals surface area contributed by atoms with Crippen LogP contribution in [0.5, 0.6) is 0 Å². The first-order valence-corrected chi connectivity index (χ1v) is 15.7. The smallest absolute Gasteiger partial charge is 0.256 e. The van der Waals surface area contributed by atoms with Gasteiger partial charge in [-0.25, -0.2) is 18.4 Å². The third kappa shape index (κ3) is 6.62. The van der Waals surface area contributed by atoms with Gasteiger partial charge in [0, 0.05) is 49.2 Å². The Labute approximate surface area is 241 Å². The molecular weight excluding hydrogens is 542 g/mol. The van der Waals surface area contributed by atoms with Gasteiger partial charge in [0.05, 0.1) is 11.1 Å². The Morgan fingerprint density at radius 1 is 1.17 bits per heavy atom. The van der Waals surface area contributed by atoms with Crippen LogP contribution in [0.15, 0.2) is 41.2 Å². The Balaban J connectivity index is 1.34. The summed E-state index contributed by atoms with van der Waals surface area (Å²) in [6, 6.07) is 7.17. The van der Waals surface area contributed by atoms with Crippen molar-refractivity contribution in [2.45, 2.75) is 45.7 Å². The van der Waals surface area contributed by atoms with E-state index < -0.39 is 10.0 Å². The Kier molecular flexibility index (Phi) is 8.45. The number of amides is 1. The maximum Gasteiger partial charge on any atom is 0.256 e. The first kappa shape index (κ1) is 28.8. The second-order valence-corrected chi connectivity index (χ2v) is 12.8. The van der Waals surface area contributed by atoms with E-state index in [1.54, 1.807) is 31.5 Å². The van der Waals surface area contributed by atoms with Gasteiger partial charge >= 0.3 is 0 Å². The molecule has 13 heteroatoms. The summed E-state index contributed by atoms with van der Waals surface area (Å²) in [5.74, 6) is 0.854.